The van der Waals surface area contributed by atoms with Crippen LogP contribution in [0.25, 0.3) is 0 Å². The minimum absolute atomic E-state index is 0.0482. The predicted molar refractivity (Wildman–Crippen MR) is 98.4 cm³/mol. The van der Waals surface area contributed by atoms with Gasteiger partial charge in [-0.05, 0) is 48.7 Å². The quantitative estimate of drug-likeness (QED) is 0.855. The molecule has 0 heterocycles. The molecule has 2 aromatic rings. The second-order valence-corrected chi connectivity index (χ2v) is 5.81. The maximum absolute atomic E-state index is 12.1. The van der Waals surface area contributed by atoms with Gasteiger partial charge in [0, 0.05) is 31.2 Å². The van der Waals surface area contributed by atoms with Gasteiger partial charge in [0.2, 0.25) is 5.91 Å². The van der Waals surface area contributed by atoms with Crippen LogP contribution in [0.5, 0.6) is 0 Å². The van der Waals surface area contributed by atoms with Gasteiger partial charge in [0.15, 0.2) is 0 Å². The molecular weight excluding hydrogens is 286 g/mol. The molecule has 1 amide bonds. The molecule has 122 valence electrons. The average molecular weight is 311 g/mol. The van der Waals surface area contributed by atoms with Crippen LogP contribution in [0.3, 0.4) is 0 Å². The standard InChI is InChI=1S/C19H25N3O/c1-5-15-8-6-7-14(2)19(15)20-13-18(23)21-16-9-11-17(12-10-16)22(3)4/h6-12,20H,5,13H2,1-4H3,(H,21,23). The minimum atomic E-state index is -0.0482. The van der Waals surface area contributed by atoms with Crippen LogP contribution < -0.4 is 15.5 Å². The van der Waals surface area contributed by atoms with Crippen LogP contribution in [0.2, 0.25) is 0 Å². The summed E-state index contributed by atoms with van der Waals surface area (Å²) < 4.78 is 0. The van der Waals surface area contributed by atoms with E-state index in [-0.39, 0.29) is 12.5 Å². The summed E-state index contributed by atoms with van der Waals surface area (Å²) in [6.45, 7) is 4.43. The number of hydrogen-bond acceptors (Lipinski definition) is 3. The first kappa shape index (κ1) is 16.9. The van der Waals surface area contributed by atoms with Crippen LogP contribution in [-0.4, -0.2) is 26.5 Å². The summed E-state index contributed by atoms with van der Waals surface area (Å²) in [5, 5.41) is 6.18. The Balaban J connectivity index is 1.95. The molecule has 0 unspecified atom stereocenters. The van der Waals surface area contributed by atoms with E-state index in [4.69, 9.17) is 0 Å². The van der Waals surface area contributed by atoms with E-state index in [1.54, 1.807) is 0 Å². The van der Waals surface area contributed by atoms with Gasteiger partial charge in [-0.25, -0.2) is 0 Å². The van der Waals surface area contributed by atoms with Crippen LogP contribution in [-0.2, 0) is 11.2 Å². The van der Waals surface area contributed by atoms with Crippen molar-refractivity contribution < 1.29 is 4.79 Å². The number of anilines is 3. The molecule has 0 saturated carbocycles. The molecule has 0 spiro atoms. The normalized spacial score (nSPS) is 10.3. The van der Waals surface area contributed by atoms with Crippen molar-refractivity contribution in [1.82, 2.24) is 0 Å². The fraction of sp³-hybridized carbons (Fsp3) is 0.316. The van der Waals surface area contributed by atoms with Crippen LogP contribution in [0.4, 0.5) is 17.1 Å². The second kappa shape index (κ2) is 7.68. The van der Waals surface area contributed by atoms with Gasteiger partial charge in [0.05, 0.1) is 6.54 Å². The molecule has 4 nitrogen and oxygen atoms in total. The Labute approximate surface area is 138 Å². The van der Waals surface area contributed by atoms with Crippen molar-refractivity contribution in [1.29, 1.82) is 0 Å². The highest BCUT2D eigenvalue weighted by molar-refractivity contribution is 5.94. The van der Waals surface area contributed by atoms with E-state index in [2.05, 4.69) is 36.6 Å². The summed E-state index contributed by atoms with van der Waals surface area (Å²) in [6.07, 6.45) is 0.942. The smallest absolute Gasteiger partial charge is 0.243 e. The number of carbonyl (C=O) groups excluding carboxylic acids is 1. The van der Waals surface area contributed by atoms with E-state index in [1.165, 1.54) is 5.56 Å². The van der Waals surface area contributed by atoms with Gasteiger partial charge in [-0.1, -0.05) is 25.1 Å². The second-order valence-electron chi connectivity index (χ2n) is 5.81. The van der Waals surface area contributed by atoms with E-state index in [0.29, 0.717) is 0 Å². The monoisotopic (exact) mass is 311 g/mol. The summed E-state index contributed by atoms with van der Waals surface area (Å²) >= 11 is 0. The molecule has 2 rings (SSSR count). The molecule has 0 fully saturated rings. The van der Waals surface area contributed by atoms with Crippen molar-refractivity contribution >= 4 is 23.0 Å². The molecule has 0 atom stereocenters. The lowest BCUT2D eigenvalue weighted by Crippen LogP contribution is -2.22. The minimum Gasteiger partial charge on any atom is -0.378 e. The first-order valence-corrected chi connectivity index (χ1v) is 7.91. The Morgan fingerprint density at radius 2 is 1.78 bits per heavy atom. The van der Waals surface area contributed by atoms with Gasteiger partial charge in [-0.2, -0.15) is 0 Å². The molecule has 0 aliphatic rings. The largest absolute Gasteiger partial charge is 0.378 e. The highest BCUT2D eigenvalue weighted by atomic mass is 16.1. The molecule has 0 aliphatic carbocycles. The number of hydrogen-bond donors (Lipinski definition) is 2. The maximum Gasteiger partial charge on any atom is 0.243 e. The van der Waals surface area contributed by atoms with Gasteiger partial charge in [-0.15, -0.1) is 0 Å². The van der Waals surface area contributed by atoms with Gasteiger partial charge < -0.3 is 15.5 Å². The number of nitrogens with zero attached hydrogens (tertiary/aromatic N) is 1. The van der Waals surface area contributed by atoms with E-state index in [1.807, 2.05) is 49.3 Å². The third kappa shape index (κ3) is 4.49. The van der Waals surface area contributed by atoms with Gasteiger partial charge in [-0.3, -0.25) is 4.79 Å². The number of amides is 1. The number of nitrogens with one attached hydrogen (secondary N) is 2. The van der Waals surface area contributed by atoms with E-state index in [0.717, 1.165) is 29.0 Å². The lowest BCUT2D eigenvalue weighted by molar-refractivity contribution is -0.114. The highest BCUT2D eigenvalue weighted by Crippen LogP contribution is 2.21. The van der Waals surface area contributed by atoms with Crippen LogP contribution in [0.15, 0.2) is 42.5 Å². The zero-order chi connectivity index (χ0) is 16.8. The summed E-state index contributed by atoms with van der Waals surface area (Å²) in [5.74, 6) is -0.0482. The van der Waals surface area contributed by atoms with Gasteiger partial charge in [0.1, 0.15) is 0 Å². The van der Waals surface area contributed by atoms with Crippen molar-refractivity contribution in [2.24, 2.45) is 0 Å². The Hall–Kier alpha value is -2.49. The zero-order valence-corrected chi connectivity index (χ0v) is 14.3. The topological polar surface area (TPSA) is 44.4 Å². The molecule has 0 aliphatic heterocycles. The molecule has 2 aromatic carbocycles. The Bertz CT molecular complexity index is 663. The molecule has 0 radical (unpaired) electrons. The van der Waals surface area contributed by atoms with Crippen molar-refractivity contribution in [2.45, 2.75) is 20.3 Å². The molecule has 0 bridgehead atoms. The maximum atomic E-state index is 12.1. The molecule has 0 saturated heterocycles. The number of para-hydroxylation sites is 1. The first-order chi connectivity index (χ1) is 11.0. The summed E-state index contributed by atoms with van der Waals surface area (Å²) in [7, 11) is 3.98. The third-order valence-corrected chi connectivity index (χ3v) is 3.83. The van der Waals surface area contributed by atoms with Crippen molar-refractivity contribution in [2.75, 3.05) is 36.2 Å². The molecule has 23 heavy (non-hydrogen) atoms. The van der Waals surface area contributed by atoms with E-state index < -0.39 is 0 Å². The van der Waals surface area contributed by atoms with E-state index >= 15 is 0 Å². The number of aryl methyl sites for hydroxylation is 2. The van der Waals surface area contributed by atoms with Gasteiger partial charge >= 0.3 is 0 Å². The summed E-state index contributed by atoms with van der Waals surface area (Å²) in [6, 6.07) is 14.0. The SMILES string of the molecule is CCc1cccc(C)c1NCC(=O)Nc1ccc(N(C)C)cc1. The third-order valence-electron chi connectivity index (χ3n) is 3.83. The number of benzene rings is 2. The number of carbonyl (C=O) groups is 1. The molecule has 4 heteroatoms. The van der Waals surface area contributed by atoms with Crippen LogP contribution in [0, 0.1) is 6.92 Å². The number of rotatable bonds is 6. The fourth-order valence-electron chi connectivity index (χ4n) is 2.49. The predicted octanol–water partition coefficient (Wildman–Crippen LogP) is 3.67. The Morgan fingerprint density at radius 1 is 1.09 bits per heavy atom. The van der Waals surface area contributed by atoms with Crippen LogP contribution in [0.1, 0.15) is 18.1 Å². The van der Waals surface area contributed by atoms with Crippen molar-refractivity contribution in [3.63, 3.8) is 0 Å². The lowest BCUT2D eigenvalue weighted by Gasteiger charge is -2.15. The van der Waals surface area contributed by atoms with Crippen molar-refractivity contribution in [3.8, 4) is 0 Å². The zero-order valence-electron chi connectivity index (χ0n) is 14.3. The Morgan fingerprint density at radius 3 is 2.39 bits per heavy atom. The summed E-state index contributed by atoms with van der Waals surface area (Å²) in [4.78, 5) is 14.2. The lowest BCUT2D eigenvalue weighted by atomic mass is 10.1. The molecular formula is C19H25N3O. The molecule has 2 N–H and O–H groups in total. The highest BCUT2D eigenvalue weighted by Gasteiger charge is 2.07. The Kier molecular flexibility index (Phi) is 5.63. The summed E-state index contributed by atoms with van der Waals surface area (Å²) in [5.41, 5.74) is 5.37. The van der Waals surface area contributed by atoms with Crippen molar-refractivity contribution in [3.05, 3.63) is 53.6 Å². The van der Waals surface area contributed by atoms with Gasteiger partial charge in [0.25, 0.3) is 0 Å². The fourth-order valence-corrected chi connectivity index (χ4v) is 2.49. The first-order valence-electron chi connectivity index (χ1n) is 7.91. The molecule has 0 aromatic heterocycles. The van der Waals surface area contributed by atoms with Crippen LogP contribution >= 0.6 is 0 Å². The average Bonchev–Trinajstić information content (AvgIpc) is 2.54. The van der Waals surface area contributed by atoms with E-state index in [9.17, 15) is 4.79 Å².